The summed E-state index contributed by atoms with van der Waals surface area (Å²) in [6.45, 7) is 7.01. The molecule has 0 aromatic carbocycles. The second-order valence-corrected chi connectivity index (χ2v) is 4.73. The Kier molecular flexibility index (Phi) is 4.86. The SMILES string of the molecule is CCc1cnc(C)nc1NCCNc1nc(C)cc(=O)[nH]1. The number of aryl methyl sites for hydroxylation is 3. The van der Waals surface area contributed by atoms with Gasteiger partial charge >= 0.3 is 0 Å². The summed E-state index contributed by atoms with van der Waals surface area (Å²) in [5.41, 5.74) is 1.62. The molecule has 0 atom stereocenters. The third-order valence-electron chi connectivity index (χ3n) is 2.95. The van der Waals surface area contributed by atoms with Crippen LogP contribution in [-0.2, 0) is 6.42 Å². The van der Waals surface area contributed by atoms with Gasteiger partial charge in [-0.2, -0.15) is 0 Å². The van der Waals surface area contributed by atoms with E-state index in [1.807, 2.05) is 13.1 Å². The molecule has 0 unspecified atom stereocenters. The number of H-pyrrole nitrogens is 1. The Morgan fingerprint density at radius 3 is 2.67 bits per heavy atom. The summed E-state index contributed by atoms with van der Waals surface area (Å²) in [5, 5.41) is 6.35. The zero-order chi connectivity index (χ0) is 15.2. The monoisotopic (exact) mass is 288 g/mol. The van der Waals surface area contributed by atoms with E-state index in [2.05, 4.69) is 37.5 Å². The van der Waals surface area contributed by atoms with Crippen LogP contribution in [0.25, 0.3) is 0 Å². The molecule has 7 heteroatoms. The lowest BCUT2D eigenvalue weighted by atomic mass is 10.2. The summed E-state index contributed by atoms with van der Waals surface area (Å²) in [4.78, 5) is 26.8. The van der Waals surface area contributed by atoms with Gasteiger partial charge in [0, 0.05) is 36.6 Å². The van der Waals surface area contributed by atoms with Crippen LogP contribution in [0.5, 0.6) is 0 Å². The van der Waals surface area contributed by atoms with Gasteiger partial charge in [0.2, 0.25) is 5.95 Å². The Bertz CT molecular complexity index is 667. The summed E-state index contributed by atoms with van der Waals surface area (Å²) in [6, 6.07) is 1.46. The largest absolute Gasteiger partial charge is 0.368 e. The maximum Gasteiger partial charge on any atom is 0.252 e. The lowest BCUT2D eigenvalue weighted by Gasteiger charge is -2.11. The van der Waals surface area contributed by atoms with E-state index >= 15 is 0 Å². The van der Waals surface area contributed by atoms with Crippen molar-refractivity contribution in [2.45, 2.75) is 27.2 Å². The Morgan fingerprint density at radius 2 is 1.95 bits per heavy atom. The first-order valence-electron chi connectivity index (χ1n) is 6.96. The minimum absolute atomic E-state index is 0.155. The maximum atomic E-state index is 11.3. The van der Waals surface area contributed by atoms with Crippen LogP contribution in [0.15, 0.2) is 17.1 Å². The van der Waals surface area contributed by atoms with Crippen molar-refractivity contribution in [2.24, 2.45) is 0 Å². The van der Waals surface area contributed by atoms with E-state index in [-0.39, 0.29) is 5.56 Å². The Hall–Kier alpha value is -2.44. The van der Waals surface area contributed by atoms with Gasteiger partial charge in [-0.3, -0.25) is 9.78 Å². The molecular formula is C14H20N6O. The summed E-state index contributed by atoms with van der Waals surface area (Å²) in [6.07, 6.45) is 2.72. The van der Waals surface area contributed by atoms with Gasteiger partial charge in [-0.1, -0.05) is 6.92 Å². The van der Waals surface area contributed by atoms with Gasteiger partial charge in [-0.15, -0.1) is 0 Å². The Labute approximate surface area is 123 Å². The molecule has 2 aromatic heterocycles. The van der Waals surface area contributed by atoms with Crippen molar-refractivity contribution in [1.29, 1.82) is 0 Å². The minimum Gasteiger partial charge on any atom is -0.368 e. The van der Waals surface area contributed by atoms with Crippen molar-refractivity contribution in [2.75, 3.05) is 23.7 Å². The van der Waals surface area contributed by atoms with E-state index in [0.717, 1.165) is 23.6 Å². The summed E-state index contributed by atoms with van der Waals surface area (Å²) < 4.78 is 0. The average molecular weight is 288 g/mol. The zero-order valence-electron chi connectivity index (χ0n) is 12.5. The van der Waals surface area contributed by atoms with E-state index in [1.165, 1.54) is 6.07 Å². The number of hydrogen-bond acceptors (Lipinski definition) is 6. The Morgan fingerprint density at radius 1 is 1.19 bits per heavy atom. The lowest BCUT2D eigenvalue weighted by molar-refractivity contribution is 0.953. The molecule has 21 heavy (non-hydrogen) atoms. The van der Waals surface area contributed by atoms with Gasteiger partial charge in [0.1, 0.15) is 11.6 Å². The second-order valence-electron chi connectivity index (χ2n) is 4.73. The molecule has 2 heterocycles. The normalized spacial score (nSPS) is 10.4. The maximum absolute atomic E-state index is 11.3. The predicted molar refractivity (Wildman–Crippen MR) is 82.7 cm³/mol. The summed E-state index contributed by atoms with van der Waals surface area (Å²) in [7, 11) is 0. The highest BCUT2D eigenvalue weighted by Gasteiger charge is 2.03. The molecule has 0 saturated heterocycles. The van der Waals surface area contributed by atoms with Gasteiger partial charge < -0.3 is 10.6 Å². The van der Waals surface area contributed by atoms with Crippen LogP contribution in [0.2, 0.25) is 0 Å². The molecule has 3 N–H and O–H groups in total. The molecule has 0 aliphatic carbocycles. The second kappa shape index (κ2) is 6.83. The van der Waals surface area contributed by atoms with Gasteiger partial charge in [0.25, 0.3) is 5.56 Å². The van der Waals surface area contributed by atoms with Crippen LogP contribution in [0, 0.1) is 13.8 Å². The van der Waals surface area contributed by atoms with E-state index in [0.29, 0.717) is 24.7 Å². The fourth-order valence-corrected chi connectivity index (χ4v) is 1.93. The molecule has 2 aromatic rings. The van der Waals surface area contributed by atoms with Crippen molar-refractivity contribution in [3.05, 3.63) is 39.7 Å². The third-order valence-corrected chi connectivity index (χ3v) is 2.95. The van der Waals surface area contributed by atoms with E-state index in [9.17, 15) is 4.79 Å². The molecule has 7 nitrogen and oxygen atoms in total. The quantitative estimate of drug-likeness (QED) is 0.693. The van der Waals surface area contributed by atoms with Crippen molar-refractivity contribution >= 4 is 11.8 Å². The molecule has 0 saturated carbocycles. The van der Waals surface area contributed by atoms with Crippen molar-refractivity contribution in [3.63, 3.8) is 0 Å². The first-order valence-corrected chi connectivity index (χ1v) is 6.96. The number of nitrogens with zero attached hydrogens (tertiary/aromatic N) is 3. The number of anilines is 2. The van der Waals surface area contributed by atoms with Crippen LogP contribution in [-0.4, -0.2) is 33.0 Å². The standard InChI is InChI=1S/C14H20N6O/c1-4-11-8-17-10(3)19-13(11)15-5-6-16-14-18-9(2)7-12(21)20-14/h7-8H,4-6H2,1-3H3,(H,15,17,19)(H2,16,18,20,21). The predicted octanol–water partition coefficient (Wildman–Crippen LogP) is 1.26. The van der Waals surface area contributed by atoms with Gasteiger partial charge in [0.05, 0.1) is 0 Å². The molecule has 0 aliphatic heterocycles. The smallest absolute Gasteiger partial charge is 0.252 e. The van der Waals surface area contributed by atoms with Gasteiger partial charge in [0.15, 0.2) is 0 Å². The molecular weight excluding hydrogens is 268 g/mol. The Balaban J connectivity index is 1.90. The minimum atomic E-state index is -0.155. The molecule has 0 amide bonds. The fourth-order valence-electron chi connectivity index (χ4n) is 1.93. The highest BCUT2D eigenvalue weighted by molar-refractivity contribution is 5.43. The average Bonchev–Trinajstić information content (AvgIpc) is 2.43. The molecule has 112 valence electrons. The number of aromatic nitrogens is 4. The van der Waals surface area contributed by atoms with Crippen LogP contribution in [0.1, 0.15) is 24.0 Å². The molecule has 0 aliphatic rings. The number of aromatic amines is 1. The van der Waals surface area contributed by atoms with Crippen LogP contribution in [0.4, 0.5) is 11.8 Å². The molecule has 2 rings (SSSR count). The highest BCUT2D eigenvalue weighted by Crippen LogP contribution is 2.11. The molecule has 0 bridgehead atoms. The van der Waals surface area contributed by atoms with Crippen LogP contribution < -0.4 is 16.2 Å². The molecule has 0 radical (unpaired) electrons. The molecule has 0 spiro atoms. The van der Waals surface area contributed by atoms with E-state index in [4.69, 9.17) is 0 Å². The first-order chi connectivity index (χ1) is 10.1. The number of nitrogens with one attached hydrogen (secondary N) is 3. The van der Waals surface area contributed by atoms with Crippen molar-refractivity contribution < 1.29 is 0 Å². The lowest BCUT2D eigenvalue weighted by Crippen LogP contribution is -2.19. The number of rotatable bonds is 6. The third kappa shape index (κ3) is 4.27. The van der Waals surface area contributed by atoms with Crippen molar-refractivity contribution in [1.82, 2.24) is 19.9 Å². The topological polar surface area (TPSA) is 95.6 Å². The van der Waals surface area contributed by atoms with Crippen LogP contribution in [0.3, 0.4) is 0 Å². The van der Waals surface area contributed by atoms with E-state index < -0.39 is 0 Å². The summed E-state index contributed by atoms with van der Waals surface area (Å²) >= 11 is 0. The first kappa shape index (κ1) is 15.0. The van der Waals surface area contributed by atoms with E-state index in [1.54, 1.807) is 6.92 Å². The van der Waals surface area contributed by atoms with Gasteiger partial charge in [-0.05, 0) is 20.3 Å². The van der Waals surface area contributed by atoms with Gasteiger partial charge in [-0.25, -0.2) is 15.0 Å². The summed E-state index contributed by atoms with van der Waals surface area (Å²) in [5.74, 6) is 2.08. The zero-order valence-corrected chi connectivity index (χ0v) is 12.5. The van der Waals surface area contributed by atoms with Crippen LogP contribution >= 0.6 is 0 Å². The fraction of sp³-hybridized carbons (Fsp3) is 0.429. The van der Waals surface area contributed by atoms with Crippen molar-refractivity contribution in [3.8, 4) is 0 Å². The highest BCUT2D eigenvalue weighted by atomic mass is 16.1. The number of hydrogen-bond donors (Lipinski definition) is 3. The molecule has 0 fully saturated rings.